The molecule has 2 aliphatic rings. The van der Waals surface area contributed by atoms with Gasteiger partial charge in [0.05, 0.1) is 12.6 Å². The Kier molecular flexibility index (Phi) is 5.15. The van der Waals surface area contributed by atoms with Gasteiger partial charge in [0, 0.05) is 44.8 Å². The number of carbonyl (C=O) groups excluding carboxylic acids is 2. The van der Waals surface area contributed by atoms with Crippen LogP contribution in [0.2, 0.25) is 0 Å². The molecule has 142 valence electrons. The van der Waals surface area contributed by atoms with E-state index < -0.39 is 0 Å². The number of para-hydroxylation sites is 1. The highest BCUT2D eigenvalue weighted by Gasteiger charge is 2.38. The van der Waals surface area contributed by atoms with E-state index in [9.17, 15) is 9.59 Å². The Balaban J connectivity index is 1.28. The molecular weight excluding hydrogens is 344 g/mol. The summed E-state index contributed by atoms with van der Waals surface area (Å²) >= 11 is 0. The lowest BCUT2D eigenvalue weighted by atomic mass is 10.1. The van der Waals surface area contributed by atoms with E-state index in [-0.39, 0.29) is 17.9 Å². The normalized spacial score (nSPS) is 21.0. The average molecular weight is 368 g/mol. The molecule has 1 aromatic carbocycles. The molecule has 0 radical (unpaired) electrons. The third-order valence-corrected chi connectivity index (χ3v) is 5.37. The number of piperazine rings is 1. The molecule has 0 N–H and O–H groups in total. The first-order valence-corrected chi connectivity index (χ1v) is 9.43. The summed E-state index contributed by atoms with van der Waals surface area (Å²) in [6.07, 6.45) is 4.36. The fourth-order valence-electron chi connectivity index (χ4n) is 3.87. The van der Waals surface area contributed by atoms with Gasteiger partial charge in [-0.2, -0.15) is 5.10 Å². The van der Waals surface area contributed by atoms with E-state index in [0.717, 1.165) is 31.7 Å². The van der Waals surface area contributed by atoms with E-state index in [1.165, 1.54) is 6.33 Å². The van der Waals surface area contributed by atoms with Gasteiger partial charge >= 0.3 is 0 Å². The van der Waals surface area contributed by atoms with Crippen molar-refractivity contribution in [1.82, 2.24) is 24.6 Å². The first-order valence-electron chi connectivity index (χ1n) is 9.43. The Bertz CT molecular complexity index is 771. The minimum Gasteiger partial charge on any atom is -0.340 e. The molecule has 2 fully saturated rings. The van der Waals surface area contributed by atoms with Crippen LogP contribution in [0.25, 0.3) is 0 Å². The maximum Gasteiger partial charge on any atom is 0.244 e. The number of aromatic nitrogens is 3. The molecule has 0 spiro atoms. The van der Waals surface area contributed by atoms with E-state index in [2.05, 4.69) is 15.0 Å². The third kappa shape index (κ3) is 3.85. The molecule has 0 bridgehead atoms. The van der Waals surface area contributed by atoms with Crippen molar-refractivity contribution in [3.05, 3.63) is 43.0 Å². The van der Waals surface area contributed by atoms with Crippen molar-refractivity contribution in [1.29, 1.82) is 0 Å². The first-order chi connectivity index (χ1) is 13.2. The minimum atomic E-state index is -0.0717. The molecule has 2 aliphatic heterocycles. The van der Waals surface area contributed by atoms with Crippen molar-refractivity contribution in [3.63, 3.8) is 0 Å². The summed E-state index contributed by atoms with van der Waals surface area (Å²) in [5, 5.41) is 4.02. The van der Waals surface area contributed by atoms with Crippen LogP contribution >= 0.6 is 0 Å². The highest BCUT2D eigenvalue weighted by Crippen LogP contribution is 2.25. The minimum absolute atomic E-state index is 0.0717. The molecule has 8 nitrogen and oxygen atoms in total. The molecular formula is C19H24N6O2. The van der Waals surface area contributed by atoms with Crippen LogP contribution in [0, 0.1) is 0 Å². The molecule has 4 rings (SSSR count). The van der Waals surface area contributed by atoms with Gasteiger partial charge in [0.2, 0.25) is 11.8 Å². The molecule has 3 heterocycles. The Hall–Kier alpha value is -2.74. The quantitative estimate of drug-likeness (QED) is 0.773. The van der Waals surface area contributed by atoms with Crippen LogP contribution < -0.4 is 4.90 Å². The van der Waals surface area contributed by atoms with Crippen LogP contribution in [0.3, 0.4) is 0 Å². The van der Waals surface area contributed by atoms with Crippen molar-refractivity contribution >= 4 is 17.5 Å². The lowest BCUT2D eigenvalue weighted by Gasteiger charge is -2.37. The molecule has 1 atom stereocenters. The second kappa shape index (κ2) is 7.87. The fourth-order valence-corrected chi connectivity index (χ4v) is 3.87. The summed E-state index contributed by atoms with van der Waals surface area (Å²) in [7, 11) is 0. The zero-order chi connectivity index (χ0) is 18.6. The zero-order valence-corrected chi connectivity index (χ0v) is 15.3. The Morgan fingerprint density at radius 3 is 2.56 bits per heavy atom. The number of carbonyl (C=O) groups is 2. The van der Waals surface area contributed by atoms with Gasteiger partial charge in [-0.1, -0.05) is 18.2 Å². The smallest absolute Gasteiger partial charge is 0.244 e. The topological polar surface area (TPSA) is 74.6 Å². The number of benzene rings is 1. The zero-order valence-electron chi connectivity index (χ0n) is 15.3. The Labute approximate surface area is 158 Å². The molecule has 2 amide bonds. The molecule has 0 unspecified atom stereocenters. The van der Waals surface area contributed by atoms with Crippen molar-refractivity contribution in [2.45, 2.75) is 25.4 Å². The number of hydrogen-bond acceptors (Lipinski definition) is 5. The number of hydrogen-bond donors (Lipinski definition) is 0. The highest BCUT2D eigenvalue weighted by atomic mass is 16.2. The average Bonchev–Trinajstić information content (AvgIpc) is 3.37. The van der Waals surface area contributed by atoms with E-state index in [1.54, 1.807) is 11.0 Å². The number of rotatable bonds is 5. The summed E-state index contributed by atoms with van der Waals surface area (Å²) < 4.78 is 1.67. The van der Waals surface area contributed by atoms with Gasteiger partial charge < -0.3 is 9.80 Å². The van der Waals surface area contributed by atoms with Crippen LogP contribution in [0.5, 0.6) is 0 Å². The SMILES string of the molecule is O=C(CCn1cncn1)N1CCN([C@H]2CCN(c3ccccc3)C2=O)CC1. The van der Waals surface area contributed by atoms with Crippen LogP contribution in [-0.2, 0) is 16.1 Å². The van der Waals surface area contributed by atoms with Crippen LogP contribution in [0.4, 0.5) is 5.69 Å². The van der Waals surface area contributed by atoms with Crippen LogP contribution in [0.15, 0.2) is 43.0 Å². The lowest BCUT2D eigenvalue weighted by Crippen LogP contribution is -2.53. The highest BCUT2D eigenvalue weighted by molar-refractivity contribution is 5.99. The number of nitrogens with zero attached hydrogens (tertiary/aromatic N) is 6. The van der Waals surface area contributed by atoms with Gasteiger partial charge in [-0.05, 0) is 18.6 Å². The van der Waals surface area contributed by atoms with Gasteiger partial charge in [0.1, 0.15) is 12.7 Å². The van der Waals surface area contributed by atoms with E-state index in [4.69, 9.17) is 0 Å². The maximum atomic E-state index is 12.8. The number of aryl methyl sites for hydroxylation is 1. The fraction of sp³-hybridized carbons (Fsp3) is 0.474. The van der Waals surface area contributed by atoms with Gasteiger partial charge in [-0.3, -0.25) is 19.2 Å². The van der Waals surface area contributed by atoms with E-state index >= 15 is 0 Å². The van der Waals surface area contributed by atoms with Gasteiger partial charge in [0.25, 0.3) is 0 Å². The molecule has 2 aromatic rings. The summed E-state index contributed by atoms with van der Waals surface area (Å²) in [6, 6.07) is 9.76. The Morgan fingerprint density at radius 1 is 1.07 bits per heavy atom. The summed E-state index contributed by atoms with van der Waals surface area (Å²) in [5.41, 5.74) is 0.965. The van der Waals surface area contributed by atoms with Gasteiger partial charge in [-0.15, -0.1) is 0 Å². The van der Waals surface area contributed by atoms with Gasteiger partial charge in [0.15, 0.2) is 0 Å². The summed E-state index contributed by atoms with van der Waals surface area (Å²) in [4.78, 5) is 35.1. The standard InChI is InChI=1S/C19H24N6O2/c26-18(7-8-24-15-20-14-21-24)23-12-10-22(11-13-23)17-6-9-25(19(17)27)16-4-2-1-3-5-16/h1-5,14-15,17H,6-13H2/t17-/m0/s1. The molecule has 1 aromatic heterocycles. The monoisotopic (exact) mass is 368 g/mol. The third-order valence-electron chi connectivity index (χ3n) is 5.37. The first kappa shape index (κ1) is 17.7. The summed E-state index contributed by atoms with van der Waals surface area (Å²) in [5.74, 6) is 0.306. The predicted octanol–water partition coefficient (Wildman–Crippen LogP) is 0.618. The molecule has 27 heavy (non-hydrogen) atoms. The lowest BCUT2D eigenvalue weighted by molar-refractivity contribution is -0.134. The van der Waals surface area contributed by atoms with E-state index in [1.807, 2.05) is 40.1 Å². The molecule has 0 saturated carbocycles. The largest absolute Gasteiger partial charge is 0.340 e. The van der Waals surface area contributed by atoms with E-state index in [0.29, 0.717) is 26.1 Å². The van der Waals surface area contributed by atoms with Crippen molar-refractivity contribution in [3.8, 4) is 0 Å². The van der Waals surface area contributed by atoms with Crippen molar-refractivity contribution < 1.29 is 9.59 Å². The Morgan fingerprint density at radius 2 is 1.85 bits per heavy atom. The van der Waals surface area contributed by atoms with Gasteiger partial charge in [-0.25, -0.2) is 4.98 Å². The second-order valence-electron chi connectivity index (χ2n) is 6.96. The number of anilines is 1. The van der Waals surface area contributed by atoms with Crippen LogP contribution in [-0.4, -0.2) is 75.1 Å². The molecule has 2 saturated heterocycles. The van der Waals surface area contributed by atoms with Crippen LogP contribution in [0.1, 0.15) is 12.8 Å². The van der Waals surface area contributed by atoms with Crippen molar-refractivity contribution in [2.75, 3.05) is 37.6 Å². The summed E-state index contributed by atoms with van der Waals surface area (Å²) in [6.45, 7) is 4.13. The molecule has 0 aliphatic carbocycles. The second-order valence-corrected chi connectivity index (χ2v) is 6.96. The van der Waals surface area contributed by atoms with Crippen molar-refractivity contribution in [2.24, 2.45) is 0 Å². The number of amides is 2. The molecule has 8 heteroatoms. The maximum absolute atomic E-state index is 12.8. The predicted molar refractivity (Wildman–Crippen MR) is 100.0 cm³/mol.